The molecule has 5 rings (SSSR count). The van der Waals surface area contributed by atoms with Gasteiger partial charge >= 0.3 is 12.3 Å². The Labute approximate surface area is 274 Å². The summed E-state index contributed by atoms with van der Waals surface area (Å²) in [5.41, 5.74) is -4.92. The number of nitriles is 1. The first-order valence-corrected chi connectivity index (χ1v) is 14.5. The normalized spacial score (nSPS) is 16.5. The van der Waals surface area contributed by atoms with Crippen LogP contribution in [0.25, 0.3) is 17.3 Å². The lowest BCUT2D eigenvalue weighted by atomic mass is 9.96. The van der Waals surface area contributed by atoms with Gasteiger partial charge in [0.05, 0.1) is 35.6 Å². The van der Waals surface area contributed by atoms with E-state index in [2.05, 4.69) is 25.6 Å². The first-order valence-electron chi connectivity index (χ1n) is 14.5. The molecule has 258 valence electrons. The van der Waals surface area contributed by atoms with Gasteiger partial charge in [0.1, 0.15) is 22.9 Å². The number of aromatic nitrogens is 5. The Morgan fingerprint density at radius 3 is 2.45 bits per heavy atom. The average Bonchev–Trinajstić information content (AvgIpc) is 3.69. The van der Waals surface area contributed by atoms with Crippen LogP contribution in [0.1, 0.15) is 63.6 Å². The summed E-state index contributed by atoms with van der Waals surface area (Å²) in [5.74, 6) is -6.74. The number of carbonyl (C=O) groups excluding carboxylic acids is 2. The molecule has 1 aliphatic rings. The number of nitrogens with one attached hydrogen (secondary N) is 1. The Morgan fingerprint density at radius 1 is 1.14 bits per heavy atom. The number of hydrogen-bond acceptors (Lipinski definition) is 9. The fourth-order valence-electron chi connectivity index (χ4n) is 4.78. The highest BCUT2D eigenvalue weighted by Crippen LogP contribution is 2.45. The smallest absolute Gasteiger partial charge is 0.419 e. The van der Waals surface area contributed by atoms with Crippen molar-refractivity contribution in [3.63, 3.8) is 0 Å². The first-order chi connectivity index (χ1) is 22.7. The largest absolute Gasteiger partial charge is 0.444 e. The van der Waals surface area contributed by atoms with Gasteiger partial charge in [0, 0.05) is 24.4 Å². The van der Waals surface area contributed by atoms with Crippen molar-refractivity contribution < 1.29 is 45.1 Å². The lowest BCUT2D eigenvalue weighted by molar-refractivity contribution is -0.137. The van der Waals surface area contributed by atoms with Crippen molar-refractivity contribution in [3.8, 4) is 23.3 Å². The van der Waals surface area contributed by atoms with Crippen molar-refractivity contribution >= 4 is 17.7 Å². The Morgan fingerprint density at radius 2 is 1.86 bits per heavy atom. The van der Waals surface area contributed by atoms with Gasteiger partial charge in [-0.2, -0.15) is 23.5 Å². The van der Waals surface area contributed by atoms with Crippen LogP contribution in [-0.2, 0) is 33.6 Å². The SMILES string of the molecule is CC(C)(C)OC(=O)N[C@@H]1CC(F)(F)c2cc(F)c(-c3nnc(C(C)(C)C#N)o3)cc2N(Cc2ccc(-n3cc(C(F)(F)F)cn3)nc2)C1=O. The summed E-state index contributed by atoms with van der Waals surface area (Å²) in [6.07, 6.45) is -4.52. The summed E-state index contributed by atoms with van der Waals surface area (Å²) in [6, 6.07) is 4.22. The van der Waals surface area contributed by atoms with Gasteiger partial charge in [-0.05, 0) is 58.4 Å². The molecular weight excluding hydrogens is 662 g/mol. The zero-order valence-corrected chi connectivity index (χ0v) is 26.6. The number of rotatable bonds is 6. The zero-order chi connectivity index (χ0) is 36.1. The molecule has 1 aromatic carbocycles. The predicted molar refractivity (Wildman–Crippen MR) is 158 cm³/mol. The maximum atomic E-state index is 15.9. The molecule has 1 aliphatic heterocycles. The number of fused-ring (bicyclic) bond motifs is 1. The van der Waals surface area contributed by atoms with E-state index in [0.717, 1.165) is 21.8 Å². The molecule has 1 N–H and O–H groups in total. The second kappa shape index (κ2) is 12.2. The Hall–Kier alpha value is -5.47. The summed E-state index contributed by atoms with van der Waals surface area (Å²) in [7, 11) is 0. The third kappa shape index (κ3) is 7.34. The molecule has 0 bridgehead atoms. The van der Waals surface area contributed by atoms with Crippen LogP contribution in [0, 0.1) is 17.1 Å². The lowest BCUT2D eigenvalue weighted by Crippen LogP contribution is -2.49. The fourth-order valence-corrected chi connectivity index (χ4v) is 4.78. The summed E-state index contributed by atoms with van der Waals surface area (Å²) in [4.78, 5) is 31.6. The highest BCUT2D eigenvalue weighted by molar-refractivity contribution is 6.00. The third-order valence-corrected chi connectivity index (χ3v) is 7.25. The number of carbonyl (C=O) groups is 2. The maximum Gasteiger partial charge on any atom is 0.419 e. The number of hydrogen-bond donors (Lipinski definition) is 1. The summed E-state index contributed by atoms with van der Waals surface area (Å²) < 4.78 is 98.1. The summed E-state index contributed by atoms with van der Waals surface area (Å²) >= 11 is 0. The standard InChI is InChI=1S/C31H28F6N8O4/c1-28(2,3)49-27(47)41-21-10-30(33,34)19-9-20(32)18(24-42-43-26(48-24)29(4,5)15-38)8-22(19)44(25(21)46)13-16-6-7-23(39-11-16)45-14-17(12-40-45)31(35,36)37/h6-9,11-12,14,21H,10,13H2,1-5H3,(H,41,47)/t21-/m1/s1. The zero-order valence-electron chi connectivity index (χ0n) is 26.6. The van der Waals surface area contributed by atoms with Gasteiger partial charge in [-0.25, -0.2) is 27.6 Å². The van der Waals surface area contributed by atoms with Crippen LogP contribution in [0.2, 0.25) is 0 Å². The second-order valence-electron chi connectivity index (χ2n) is 12.7. The number of benzene rings is 1. The van der Waals surface area contributed by atoms with Gasteiger partial charge in [-0.1, -0.05) is 6.07 Å². The summed E-state index contributed by atoms with van der Waals surface area (Å²) in [5, 5.41) is 22.8. The van der Waals surface area contributed by atoms with Crippen LogP contribution in [0.5, 0.6) is 0 Å². The van der Waals surface area contributed by atoms with Crippen molar-refractivity contribution in [2.24, 2.45) is 0 Å². The van der Waals surface area contributed by atoms with E-state index < -0.39 is 88.2 Å². The Bertz CT molecular complexity index is 1940. The highest BCUT2D eigenvalue weighted by atomic mass is 19.4. The van der Waals surface area contributed by atoms with Crippen LogP contribution < -0.4 is 10.2 Å². The van der Waals surface area contributed by atoms with Gasteiger partial charge in [-0.15, -0.1) is 10.2 Å². The molecule has 0 unspecified atom stereocenters. The average molecular weight is 691 g/mol. The maximum absolute atomic E-state index is 15.9. The molecule has 2 amide bonds. The minimum atomic E-state index is -4.64. The number of ether oxygens (including phenoxy) is 1. The van der Waals surface area contributed by atoms with E-state index in [1.165, 1.54) is 52.9 Å². The van der Waals surface area contributed by atoms with Crippen molar-refractivity contribution in [2.45, 2.75) is 76.7 Å². The molecule has 49 heavy (non-hydrogen) atoms. The number of amides is 2. The van der Waals surface area contributed by atoms with Crippen LogP contribution in [0.3, 0.4) is 0 Å². The van der Waals surface area contributed by atoms with Gasteiger partial charge in [0.15, 0.2) is 5.82 Å². The predicted octanol–water partition coefficient (Wildman–Crippen LogP) is 6.20. The molecule has 0 fully saturated rings. The highest BCUT2D eigenvalue weighted by Gasteiger charge is 2.47. The van der Waals surface area contributed by atoms with Gasteiger partial charge in [0.2, 0.25) is 11.8 Å². The number of anilines is 1. The molecule has 0 spiro atoms. The number of pyridine rings is 1. The van der Waals surface area contributed by atoms with E-state index in [9.17, 15) is 28.0 Å². The molecule has 1 atom stereocenters. The first kappa shape index (κ1) is 34.9. The molecule has 0 radical (unpaired) electrons. The van der Waals surface area contributed by atoms with Gasteiger partial charge in [-0.3, -0.25) is 4.79 Å². The van der Waals surface area contributed by atoms with Crippen molar-refractivity contribution in [3.05, 3.63) is 71.3 Å². The van der Waals surface area contributed by atoms with Gasteiger partial charge in [0.25, 0.3) is 11.8 Å². The Balaban J connectivity index is 1.58. The molecular formula is C31H28F6N8O4. The number of alkyl carbamates (subject to hydrolysis) is 1. The molecule has 4 aromatic rings. The summed E-state index contributed by atoms with van der Waals surface area (Å²) in [6.45, 7) is 7.08. The second-order valence-corrected chi connectivity index (χ2v) is 12.7. The van der Waals surface area contributed by atoms with E-state index in [0.29, 0.717) is 12.3 Å². The van der Waals surface area contributed by atoms with Crippen LogP contribution in [0.15, 0.2) is 47.3 Å². The fraction of sp³-hybridized carbons (Fsp3) is 0.387. The number of nitrogens with zero attached hydrogens (tertiary/aromatic N) is 7. The van der Waals surface area contributed by atoms with E-state index in [4.69, 9.17) is 9.15 Å². The molecule has 3 aromatic heterocycles. The van der Waals surface area contributed by atoms with Crippen LogP contribution >= 0.6 is 0 Å². The van der Waals surface area contributed by atoms with Crippen LogP contribution in [-0.4, -0.2) is 48.6 Å². The van der Waals surface area contributed by atoms with Gasteiger partial charge < -0.3 is 19.4 Å². The van der Waals surface area contributed by atoms with E-state index in [-0.39, 0.29) is 17.3 Å². The monoisotopic (exact) mass is 690 g/mol. The molecule has 0 aliphatic carbocycles. The van der Waals surface area contributed by atoms with E-state index in [1.807, 2.05) is 6.07 Å². The van der Waals surface area contributed by atoms with E-state index in [1.54, 1.807) is 0 Å². The number of halogens is 6. The molecule has 0 saturated heterocycles. The molecule has 4 heterocycles. The minimum absolute atomic E-state index is 0.0188. The van der Waals surface area contributed by atoms with Crippen molar-refractivity contribution in [2.75, 3.05) is 4.90 Å². The van der Waals surface area contributed by atoms with Crippen LogP contribution in [0.4, 0.5) is 36.8 Å². The third-order valence-electron chi connectivity index (χ3n) is 7.25. The van der Waals surface area contributed by atoms with Crippen molar-refractivity contribution in [1.82, 2.24) is 30.3 Å². The minimum Gasteiger partial charge on any atom is -0.444 e. The lowest BCUT2D eigenvalue weighted by Gasteiger charge is -2.27. The number of alkyl halides is 5. The molecule has 0 saturated carbocycles. The van der Waals surface area contributed by atoms with E-state index >= 15 is 13.2 Å². The quantitative estimate of drug-likeness (QED) is 0.233. The molecule has 18 heteroatoms. The Kier molecular flexibility index (Phi) is 8.68. The topological polar surface area (TPSA) is 152 Å². The molecule has 12 nitrogen and oxygen atoms in total. The van der Waals surface area contributed by atoms with Crippen molar-refractivity contribution in [1.29, 1.82) is 5.26 Å².